The molecule has 15 heavy (non-hydrogen) atoms. The van der Waals surface area contributed by atoms with Crippen LogP contribution in [0, 0.1) is 0 Å². The van der Waals surface area contributed by atoms with E-state index in [-0.39, 0.29) is 5.25 Å². The van der Waals surface area contributed by atoms with Gasteiger partial charge in [-0.1, -0.05) is 33.0 Å². The van der Waals surface area contributed by atoms with Crippen LogP contribution < -0.4 is 4.72 Å². The van der Waals surface area contributed by atoms with Gasteiger partial charge in [-0.05, 0) is 19.4 Å². The minimum Gasteiger partial charge on any atom is -0.215 e. The fourth-order valence-electron chi connectivity index (χ4n) is 1.27. The summed E-state index contributed by atoms with van der Waals surface area (Å²) >= 11 is 0. The molecule has 0 heterocycles. The van der Waals surface area contributed by atoms with Gasteiger partial charge in [0.15, 0.2) is 0 Å². The second kappa shape index (κ2) is 6.01. The summed E-state index contributed by atoms with van der Waals surface area (Å²) in [4.78, 5) is 0. The van der Waals surface area contributed by atoms with Crippen LogP contribution in [0.4, 0.5) is 0 Å². The third-order valence-electron chi connectivity index (χ3n) is 2.40. The molecule has 1 unspecified atom stereocenters. The van der Waals surface area contributed by atoms with Gasteiger partial charge in [-0.15, -0.1) is 0 Å². The smallest absolute Gasteiger partial charge is 0.214 e. The molecule has 0 aliphatic carbocycles. The van der Waals surface area contributed by atoms with Crippen LogP contribution in [0.15, 0.2) is 0 Å². The van der Waals surface area contributed by atoms with Gasteiger partial charge in [0, 0.05) is 14.6 Å². The third kappa shape index (κ3) is 7.08. The second-order valence-electron chi connectivity index (χ2n) is 5.35. The molecule has 0 rings (SSSR count). The number of hydrogen-bond donors (Lipinski definition) is 1. The normalized spacial score (nSPS) is 15.3. The Bertz CT molecular complexity index is 270. The van der Waals surface area contributed by atoms with E-state index in [1.165, 1.54) is 0 Å². The predicted octanol–water partition coefficient (Wildman–Crippen LogP) is 2.43. The van der Waals surface area contributed by atoms with E-state index < -0.39 is 18.1 Å². The van der Waals surface area contributed by atoms with Gasteiger partial charge >= 0.3 is 0 Å². The summed E-state index contributed by atoms with van der Waals surface area (Å²) in [7, 11) is -4.21. The van der Waals surface area contributed by atoms with Crippen LogP contribution in [0.1, 0.15) is 26.7 Å². The Labute approximate surface area is 95.7 Å². The summed E-state index contributed by atoms with van der Waals surface area (Å²) in [5.41, 5.74) is 0. The summed E-state index contributed by atoms with van der Waals surface area (Å²) in [6.07, 6.45) is 1.65. The minimum atomic E-state index is -3.07. The zero-order valence-electron chi connectivity index (χ0n) is 10.6. The fraction of sp³-hybridized carbons (Fsp3) is 1.00. The van der Waals surface area contributed by atoms with E-state index in [0.717, 1.165) is 18.9 Å². The number of sulfonamides is 1. The minimum absolute atomic E-state index is 0.260. The lowest BCUT2D eigenvalue weighted by atomic mass is 10.3. The number of hydrogen-bond acceptors (Lipinski definition) is 2. The summed E-state index contributed by atoms with van der Waals surface area (Å²) < 4.78 is 26.1. The SMILES string of the molecule is CCCC(C)S(=O)(=O)NCC[Si](C)(C)C. The van der Waals surface area contributed by atoms with Crippen molar-refractivity contribution in [1.29, 1.82) is 0 Å². The first-order valence-corrected chi connectivity index (χ1v) is 10.9. The van der Waals surface area contributed by atoms with Gasteiger partial charge in [0.05, 0.1) is 5.25 Å². The van der Waals surface area contributed by atoms with Crippen molar-refractivity contribution in [3.05, 3.63) is 0 Å². The van der Waals surface area contributed by atoms with Crippen LogP contribution in [0.25, 0.3) is 0 Å². The average molecular weight is 251 g/mol. The van der Waals surface area contributed by atoms with Crippen molar-refractivity contribution in [2.24, 2.45) is 0 Å². The van der Waals surface area contributed by atoms with Gasteiger partial charge in [-0.25, -0.2) is 13.1 Å². The topological polar surface area (TPSA) is 46.2 Å². The van der Waals surface area contributed by atoms with Crippen molar-refractivity contribution >= 4 is 18.1 Å². The molecule has 0 saturated carbocycles. The van der Waals surface area contributed by atoms with Crippen LogP contribution in [0.3, 0.4) is 0 Å². The van der Waals surface area contributed by atoms with Gasteiger partial charge in [-0.3, -0.25) is 0 Å². The first-order chi connectivity index (χ1) is 6.69. The fourth-order valence-corrected chi connectivity index (χ4v) is 3.55. The summed E-state index contributed by atoms with van der Waals surface area (Å²) in [6, 6.07) is 1.01. The van der Waals surface area contributed by atoms with E-state index in [0.29, 0.717) is 6.54 Å². The first kappa shape index (κ1) is 15.1. The average Bonchev–Trinajstić information content (AvgIpc) is 2.01. The maximum Gasteiger partial charge on any atom is 0.214 e. The molecule has 1 atom stereocenters. The Kier molecular flexibility index (Phi) is 6.06. The van der Waals surface area contributed by atoms with Crippen LogP contribution in [0.5, 0.6) is 0 Å². The maximum absolute atomic E-state index is 11.7. The maximum atomic E-state index is 11.7. The zero-order valence-corrected chi connectivity index (χ0v) is 12.4. The van der Waals surface area contributed by atoms with Gasteiger partial charge in [0.25, 0.3) is 0 Å². The molecule has 1 N–H and O–H groups in total. The molecular weight excluding hydrogens is 226 g/mol. The molecular formula is C10H25NO2SSi. The van der Waals surface area contributed by atoms with Crippen molar-refractivity contribution < 1.29 is 8.42 Å². The van der Waals surface area contributed by atoms with Gasteiger partial charge in [0.1, 0.15) is 0 Å². The van der Waals surface area contributed by atoms with E-state index in [1.807, 2.05) is 6.92 Å². The molecule has 0 aromatic carbocycles. The van der Waals surface area contributed by atoms with E-state index in [4.69, 9.17) is 0 Å². The molecule has 92 valence electrons. The molecule has 3 nitrogen and oxygen atoms in total. The van der Waals surface area contributed by atoms with Crippen molar-refractivity contribution in [2.45, 2.75) is 57.6 Å². The summed E-state index contributed by atoms with van der Waals surface area (Å²) in [5.74, 6) is 0. The summed E-state index contributed by atoms with van der Waals surface area (Å²) in [6.45, 7) is 11.1. The number of rotatable bonds is 7. The lowest BCUT2D eigenvalue weighted by molar-refractivity contribution is 0.563. The summed E-state index contributed by atoms with van der Waals surface area (Å²) in [5, 5.41) is -0.260. The predicted molar refractivity (Wildman–Crippen MR) is 69.4 cm³/mol. The molecule has 0 bridgehead atoms. The van der Waals surface area contributed by atoms with E-state index in [9.17, 15) is 8.42 Å². The van der Waals surface area contributed by atoms with Crippen molar-refractivity contribution in [3.8, 4) is 0 Å². The largest absolute Gasteiger partial charge is 0.215 e. The molecule has 0 aromatic heterocycles. The number of nitrogens with one attached hydrogen (secondary N) is 1. The molecule has 0 aliphatic heterocycles. The Balaban J connectivity index is 4.06. The zero-order chi connectivity index (χ0) is 12.1. The highest BCUT2D eigenvalue weighted by Crippen LogP contribution is 2.09. The Morgan fingerprint density at radius 1 is 1.27 bits per heavy atom. The van der Waals surface area contributed by atoms with Crippen molar-refractivity contribution in [3.63, 3.8) is 0 Å². The molecule has 0 radical (unpaired) electrons. The molecule has 0 aliphatic rings. The Morgan fingerprint density at radius 3 is 2.20 bits per heavy atom. The lowest BCUT2D eigenvalue weighted by Gasteiger charge is -2.17. The molecule has 0 saturated heterocycles. The quantitative estimate of drug-likeness (QED) is 0.706. The third-order valence-corrected chi connectivity index (χ3v) is 6.05. The Hall–Kier alpha value is 0.127. The molecule has 5 heteroatoms. The van der Waals surface area contributed by atoms with Gasteiger partial charge in [-0.2, -0.15) is 0 Å². The monoisotopic (exact) mass is 251 g/mol. The first-order valence-electron chi connectivity index (χ1n) is 5.67. The van der Waals surface area contributed by atoms with Crippen LogP contribution >= 0.6 is 0 Å². The molecule has 0 fully saturated rings. The molecule has 0 aromatic rings. The van der Waals surface area contributed by atoms with Crippen molar-refractivity contribution in [1.82, 2.24) is 4.72 Å². The standard InChI is InChI=1S/C10H25NO2SSi/c1-6-7-10(2)14(12,13)11-8-9-15(3,4)5/h10-11H,6-9H2,1-5H3. The van der Waals surface area contributed by atoms with Gasteiger partial charge in [0.2, 0.25) is 10.0 Å². The highest BCUT2D eigenvalue weighted by Gasteiger charge is 2.20. The van der Waals surface area contributed by atoms with E-state index >= 15 is 0 Å². The van der Waals surface area contributed by atoms with E-state index in [1.54, 1.807) is 6.92 Å². The molecule has 0 spiro atoms. The van der Waals surface area contributed by atoms with Crippen molar-refractivity contribution in [2.75, 3.05) is 6.54 Å². The highest BCUT2D eigenvalue weighted by atomic mass is 32.2. The van der Waals surface area contributed by atoms with Gasteiger partial charge < -0.3 is 0 Å². The second-order valence-corrected chi connectivity index (χ2v) is 13.2. The van der Waals surface area contributed by atoms with Crippen LogP contribution in [-0.4, -0.2) is 28.3 Å². The van der Waals surface area contributed by atoms with Crippen LogP contribution in [0.2, 0.25) is 25.7 Å². The lowest BCUT2D eigenvalue weighted by Crippen LogP contribution is -2.36. The highest BCUT2D eigenvalue weighted by molar-refractivity contribution is 7.90. The van der Waals surface area contributed by atoms with Crippen LogP contribution in [-0.2, 0) is 10.0 Å². The van der Waals surface area contributed by atoms with E-state index in [2.05, 4.69) is 24.4 Å². The Morgan fingerprint density at radius 2 is 1.80 bits per heavy atom. The molecule has 0 amide bonds.